The molecule has 0 aliphatic heterocycles. The van der Waals surface area contributed by atoms with E-state index in [2.05, 4.69) is 28.7 Å². The third kappa shape index (κ3) is 9.53. The zero-order valence-corrected chi connectivity index (χ0v) is 25.1. The van der Waals surface area contributed by atoms with Gasteiger partial charge in [-0.15, -0.1) is 11.8 Å². The van der Waals surface area contributed by atoms with Gasteiger partial charge in [0.25, 0.3) is 0 Å². The average Bonchev–Trinajstić information content (AvgIpc) is 3.45. The molecule has 0 atom stereocenters. The summed E-state index contributed by atoms with van der Waals surface area (Å²) in [5, 5.41) is 13.3. The average molecular weight is 586 g/mol. The van der Waals surface area contributed by atoms with Gasteiger partial charge in [-0.3, -0.25) is 4.79 Å². The van der Waals surface area contributed by atoms with Crippen molar-refractivity contribution in [2.75, 3.05) is 25.1 Å². The fourth-order valence-electron chi connectivity index (χ4n) is 4.23. The molecule has 7 nitrogen and oxygen atoms in total. The molecule has 0 aliphatic carbocycles. The summed E-state index contributed by atoms with van der Waals surface area (Å²) < 4.78 is 13.5. The number of amides is 1. The number of nitrogens with zero attached hydrogens (tertiary/aromatic N) is 2. The summed E-state index contributed by atoms with van der Waals surface area (Å²) in [5.74, 6) is 1.44. The van der Waals surface area contributed by atoms with Crippen LogP contribution in [-0.2, 0) is 21.8 Å². The van der Waals surface area contributed by atoms with Crippen molar-refractivity contribution in [3.8, 4) is 22.6 Å². The Kier molecular flexibility index (Phi) is 12.1. The number of phenolic OH excluding ortho intramolecular Hbond substituents is 1. The normalized spacial score (nSPS) is 11.2. The van der Waals surface area contributed by atoms with Gasteiger partial charge >= 0.3 is 0 Å². The van der Waals surface area contributed by atoms with Gasteiger partial charge in [0.15, 0.2) is 0 Å². The van der Waals surface area contributed by atoms with Crippen LogP contribution in [0.5, 0.6) is 11.5 Å². The van der Waals surface area contributed by atoms with Gasteiger partial charge in [0.1, 0.15) is 18.1 Å². The molecule has 1 amide bonds. The monoisotopic (exact) mass is 585 g/mol. The second kappa shape index (κ2) is 16.4. The zero-order chi connectivity index (χ0) is 29.6. The molecule has 0 saturated carbocycles. The fourth-order valence-corrected chi connectivity index (χ4v) is 5.11. The Morgan fingerprint density at radius 1 is 0.976 bits per heavy atom. The number of ether oxygens (including phenoxy) is 2. The molecular formula is C34H39N3O4S. The summed E-state index contributed by atoms with van der Waals surface area (Å²) in [4.78, 5) is 18.0. The van der Waals surface area contributed by atoms with Crippen LogP contribution in [0.15, 0.2) is 90.2 Å². The molecule has 4 rings (SSSR count). The molecule has 2 N–H and O–H groups in total. The number of imidazole rings is 1. The van der Waals surface area contributed by atoms with E-state index in [1.807, 2.05) is 73.2 Å². The molecule has 4 aromatic rings. The third-order valence-electron chi connectivity index (χ3n) is 6.54. The minimum absolute atomic E-state index is 0.104. The van der Waals surface area contributed by atoms with Crippen molar-refractivity contribution in [2.45, 2.75) is 50.3 Å². The third-order valence-corrected chi connectivity index (χ3v) is 7.59. The topological polar surface area (TPSA) is 85.6 Å². The minimum Gasteiger partial charge on any atom is -0.507 e. The number of aryl methyl sites for hydroxylation is 1. The zero-order valence-electron chi connectivity index (χ0n) is 24.3. The molecule has 0 spiro atoms. The number of anilines is 1. The van der Waals surface area contributed by atoms with Crippen molar-refractivity contribution in [1.29, 1.82) is 0 Å². The Morgan fingerprint density at radius 3 is 2.52 bits per heavy atom. The van der Waals surface area contributed by atoms with Crippen molar-refractivity contribution in [1.82, 2.24) is 9.55 Å². The summed E-state index contributed by atoms with van der Waals surface area (Å²) in [6.45, 7) is 7.10. The van der Waals surface area contributed by atoms with Gasteiger partial charge in [-0.05, 0) is 78.6 Å². The predicted molar refractivity (Wildman–Crippen MR) is 171 cm³/mol. The molecule has 0 saturated heterocycles. The highest BCUT2D eigenvalue weighted by Crippen LogP contribution is 2.29. The molecule has 0 bridgehead atoms. The van der Waals surface area contributed by atoms with Gasteiger partial charge < -0.3 is 24.5 Å². The molecular weight excluding hydrogens is 546 g/mol. The maximum Gasteiger partial charge on any atom is 0.248 e. The van der Waals surface area contributed by atoms with Crippen LogP contribution in [0.2, 0.25) is 0 Å². The van der Waals surface area contributed by atoms with Crippen LogP contribution >= 0.6 is 11.8 Å². The van der Waals surface area contributed by atoms with E-state index in [0.29, 0.717) is 24.5 Å². The van der Waals surface area contributed by atoms with Gasteiger partial charge in [0.2, 0.25) is 5.91 Å². The van der Waals surface area contributed by atoms with E-state index >= 15 is 0 Å². The first kappa shape index (κ1) is 30.9. The fraction of sp³-hybridized carbons (Fsp3) is 0.294. The maximum absolute atomic E-state index is 12.6. The first-order valence-corrected chi connectivity index (χ1v) is 15.4. The number of carbonyl (C=O) groups is 1. The number of phenols is 1. The van der Waals surface area contributed by atoms with Gasteiger partial charge in [0.05, 0.1) is 12.9 Å². The van der Waals surface area contributed by atoms with E-state index in [4.69, 9.17) is 9.47 Å². The predicted octanol–water partition coefficient (Wildman–Crippen LogP) is 7.81. The van der Waals surface area contributed by atoms with E-state index in [1.54, 1.807) is 23.9 Å². The Bertz CT molecular complexity index is 1430. The molecule has 220 valence electrons. The van der Waals surface area contributed by atoms with E-state index in [1.165, 1.54) is 11.8 Å². The van der Waals surface area contributed by atoms with Crippen LogP contribution in [0.1, 0.15) is 44.4 Å². The number of carbonyl (C=O) groups excluding carboxylic acids is 1. The number of unbranched alkanes of at least 4 members (excludes halogenated alkanes) is 1. The summed E-state index contributed by atoms with van der Waals surface area (Å²) in [7, 11) is 0. The molecule has 3 aromatic carbocycles. The highest BCUT2D eigenvalue weighted by atomic mass is 32.2. The smallest absolute Gasteiger partial charge is 0.248 e. The Labute approximate surface area is 252 Å². The molecule has 0 radical (unpaired) electrons. The van der Waals surface area contributed by atoms with Gasteiger partial charge in [0, 0.05) is 53.0 Å². The highest BCUT2D eigenvalue weighted by Gasteiger charge is 2.06. The molecule has 0 unspecified atom stereocenters. The summed E-state index contributed by atoms with van der Waals surface area (Å²) in [5.41, 5.74) is 4.36. The van der Waals surface area contributed by atoms with Crippen molar-refractivity contribution < 1.29 is 19.4 Å². The Hall–Kier alpha value is -4.01. The first-order chi connectivity index (χ1) is 20.6. The van der Waals surface area contributed by atoms with Crippen molar-refractivity contribution in [2.24, 2.45) is 0 Å². The number of hydrogen-bond acceptors (Lipinski definition) is 6. The molecule has 42 heavy (non-hydrogen) atoms. The van der Waals surface area contributed by atoms with E-state index in [0.717, 1.165) is 59.9 Å². The van der Waals surface area contributed by atoms with E-state index in [9.17, 15) is 9.90 Å². The summed E-state index contributed by atoms with van der Waals surface area (Å²) >= 11 is 1.73. The quantitative estimate of drug-likeness (QED) is 0.0793. The van der Waals surface area contributed by atoms with Crippen molar-refractivity contribution in [3.05, 3.63) is 96.6 Å². The summed E-state index contributed by atoms with van der Waals surface area (Å²) in [6.07, 6.45) is 10.1. The molecule has 1 heterocycles. The van der Waals surface area contributed by atoms with Gasteiger partial charge in [-0.25, -0.2) is 4.98 Å². The van der Waals surface area contributed by atoms with Crippen LogP contribution in [0.3, 0.4) is 0 Å². The molecule has 8 heteroatoms. The molecule has 0 fully saturated rings. The highest BCUT2D eigenvalue weighted by molar-refractivity contribution is 7.98. The van der Waals surface area contributed by atoms with Gasteiger partial charge in [-0.2, -0.15) is 0 Å². The van der Waals surface area contributed by atoms with Crippen molar-refractivity contribution in [3.63, 3.8) is 0 Å². The second-order valence-electron chi connectivity index (χ2n) is 9.83. The Balaban J connectivity index is 1.28. The van der Waals surface area contributed by atoms with Crippen LogP contribution in [-0.4, -0.2) is 40.4 Å². The number of aromatic nitrogens is 2. The number of rotatable bonds is 16. The standard InChI is InChI=1S/C34H39N3O4S/c1-3-5-19-40-20-21-41-31-12-6-26(7-13-31)27-8-16-33(38)28(22-27)9-17-34(39)36-29-10-14-32(15-11-29)42-24-30-23-35-25-37(30)18-4-2/h6-17,22-23,25,38H,3-5,18-21,24H2,1-2H3,(H,36,39)/b17-9+. The lowest BCUT2D eigenvalue weighted by Crippen LogP contribution is -2.07. The number of thioether (sulfide) groups is 1. The largest absolute Gasteiger partial charge is 0.507 e. The van der Waals surface area contributed by atoms with Crippen molar-refractivity contribution >= 4 is 29.4 Å². The number of benzene rings is 3. The van der Waals surface area contributed by atoms with Crippen LogP contribution in [0, 0.1) is 0 Å². The SMILES string of the molecule is CCCCOCCOc1ccc(-c2ccc(O)c(/C=C/C(=O)Nc3ccc(SCc4cncn4CCC)cc3)c2)cc1. The molecule has 1 aromatic heterocycles. The van der Waals surface area contributed by atoms with Crippen LogP contribution < -0.4 is 10.1 Å². The number of aromatic hydroxyl groups is 1. The van der Waals surface area contributed by atoms with Crippen LogP contribution in [0.4, 0.5) is 5.69 Å². The second-order valence-corrected chi connectivity index (χ2v) is 10.9. The lowest BCUT2D eigenvalue weighted by molar-refractivity contribution is -0.111. The number of hydrogen-bond donors (Lipinski definition) is 2. The minimum atomic E-state index is -0.274. The number of nitrogens with one attached hydrogen (secondary N) is 1. The lowest BCUT2D eigenvalue weighted by atomic mass is 10.0. The van der Waals surface area contributed by atoms with E-state index in [-0.39, 0.29) is 11.7 Å². The lowest BCUT2D eigenvalue weighted by Gasteiger charge is -2.09. The maximum atomic E-state index is 12.6. The Morgan fingerprint density at radius 2 is 1.76 bits per heavy atom. The first-order valence-electron chi connectivity index (χ1n) is 14.4. The summed E-state index contributed by atoms with van der Waals surface area (Å²) in [6, 6.07) is 20.9. The van der Waals surface area contributed by atoms with Crippen LogP contribution in [0.25, 0.3) is 17.2 Å². The van der Waals surface area contributed by atoms with Gasteiger partial charge in [-0.1, -0.05) is 38.5 Å². The van der Waals surface area contributed by atoms with E-state index < -0.39 is 0 Å². The molecule has 0 aliphatic rings.